The fourth-order valence-corrected chi connectivity index (χ4v) is 3.76. The van der Waals surface area contributed by atoms with Gasteiger partial charge in [-0.3, -0.25) is 14.5 Å². The molecule has 2 amide bonds. The highest BCUT2D eigenvalue weighted by molar-refractivity contribution is 6.30. The zero-order valence-corrected chi connectivity index (χ0v) is 15.5. The minimum absolute atomic E-state index is 0.00410. The summed E-state index contributed by atoms with van der Waals surface area (Å²) in [5.74, 6) is 0.667. The van der Waals surface area contributed by atoms with Crippen LogP contribution in [0.1, 0.15) is 12.8 Å². The third-order valence-electron chi connectivity index (χ3n) is 5.03. The van der Waals surface area contributed by atoms with Crippen molar-refractivity contribution in [2.75, 3.05) is 36.0 Å². The molecule has 7 nitrogen and oxygen atoms in total. The Bertz CT molecular complexity index is 822. The van der Waals surface area contributed by atoms with Crippen LogP contribution >= 0.6 is 11.6 Å². The van der Waals surface area contributed by atoms with E-state index >= 15 is 0 Å². The van der Waals surface area contributed by atoms with Crippen LogP contribution in [0, 0.1) is 0 Å². The van der Waals surface area contributed by atoms with E-state index in [0.717, 1.165) is 5.69 Å². The maximum Gasteiger partial charge on any atom is 0.245 e. The van der Waals surface area contributed by atoms with Crippen LogP contribution in [0.25, 0.3) is 0 Å². The van der Waals surface area contributed by atoms with Crippen molar-refractivity contribution in [2.24, 2.45) is 0 Å². The minimum atomic E-state index is -0.446. The maximum atomic E-state index is 13.1. The van der Waals surface area contributed by atoms with Gasteiger partial charge in [-0.2, -0.15) is 0 Å². The Labute approximate surface area is 162 Å². The van der Waals surface area contributed by atoms with Gasteiger partial charge < -0.3 is 9.80 Å². The molecular weight excluding hydrogens is 366 g/mol. The number of halogens is 1. The largest absolute Gasteiger partial charge is 0.337 e. The molecule has 0 aliphatic carbocycles. The van der Waals surface area contributed by atoms with E-state index in [4.69, 9.17) is 11.6 Å². The summed E-state index contributed by atoms with van der Waals surface area (Å²) in [4.78, 5) is 39.5. The zero-order chi connectivity index (χ0) is 18.8. The SMILES string of the molecule is O=C(C1CCC(=O)N1c1ccc(Cl)cc1)N1CCN(c2ncccn2)CC1. The number of benzene rings is 1. The Morgan fingerprint density at radius 2 is 1.70 bits per heavy atom. The average molecular weight is 386 g/mol. The molecule has 2 aromatic rings. The number of rotatable bonds is 3. The first-order chi connectivity index (χ1) is 13.1. The molecule has 8 heteroatoms. The second-order valence-corrected chi connectivity index (χ2v) is 7.09. The molecule has 0 N–H and O–H groups in total. The Hall–Kier alpha value is -2.67. The number of hydrogen-bond donors (Lipinski definition) is 0. The molecule has 0 saturated carbocycles. The predicted octanol–water partition coefficient (Wildman–Crippen LogP) is 1.97. The summed E-state index contributed by atoms with van der Waals surface area (Å²) in [6.45, 7) is 2.54. The van der Waals surface area contributed by atoms with Gasteiger partial charge in [-0.15, -0.1) is 0 Å². The summed E-state index contributed by atoms with van der Waals surface area (Å²) in [5.41, 5.74) is 0.719. The summed E-state index contributed by atoms with van der Waals surface area (Å²) in [6.07, 6.45) is 4.36. The van der Waals surface area contributed by atoms with Crippen molar-refractivity contribution in [3.63, 3.8) is 0 Å². The smallest absolute Gasteiger partial charge is 0.245 e. The molecule has 0 spiro atoms. The van der Waals surface area contributed by atoms with E-state index in [1.54, 1.807) is 47.6 Å². The van der Waals surface area contributed by atoms with Crippen LogP contribution in [-0.2, 0) is 9.59 Å². The molecular formula is C19H20ClN5O2. The van der Waals surface area contributed by atoms with Gasteiger partial charge in [-0.25, -0.2) is 9.97 Å². The van der Waals surface area contributed by atoms with Gasteiger partial charge in [0.2, 0.25) is 17.8 Å². The summed E-state index contributed by atoms with van der Waals surface area (Å²) in [5, 5.41) is 0.604. The van der Waals surface area contributed by atoms with Gasteiger partial charge in [-0.05, 0) is 36.8 Å². The number of nitrogens with zero attached hydrogens (tertiary/aromatic N) is 5. The van der Waals surface area contributed by atoms with Crippen LogP contribution < -0.4 is 9.80 Å². The lowest BCUT2D eigenvalue weighted by Crippen LogP contribution is -2.54. The van der Waals surface area contributed by atoms with Crippen LogP contribution in [0.4, 0.5) is 11.6 Å². The number of carbonyl (C=O) groups excluding carboxylic acids is 2. The molecule has 27 heavy (non-hydrogen) atoms. The molecule has 0 bridgehead atoms. The molecule has 4 rings (SSSR count). The average Bonchev–Trinajstić information content (AvgIpc) is 3.10. The normalized spacial score (nSPS) is 20.3. The van der Waals surface area contributed by atoms with Crippen molar-refractivity contribution >= 4 is 35.1 Å². The first-order valence-corrected chi connectivity index (χ1v) is 9.39. The molecule has 2 aliphatic rings. The van der Waals surface area contributed by atoms with Crippen LogP contribution in [0.5, 0.6) is 0 Å². The van der Waals surface area contributed by atoms with E-state index in [1.807, 2.05) is 4.90 Å². The monoisotopic (exact) mass is 385 g/mol. The fraction of sp³-hybridized carbons (Fsp3) is 0.368. The lowest BCUT2D eigenvalue weighted by Gasteiger charge is -2.37. The van der Waals surface area contributed by atoms with E-state index in [1.165, 1.54) is 0 Å². The lowest BCUT2D eigenvalue weighted by molar-refractivity contribution is -0.133. The van der Waals surface area contributed by atoms with Gasteiger partial charge >= 0.3 is 0 Å². The van der Waals surface area contributed by atoms with E-state index in [0.29, 0.717) is 50.0 Å². The summed E-state index contributed by atoms with van der Waals surface area (Å²) >= 11 is 5.95. The second-order valence-electron chi connectivity index (χ2n) is 6.66. The summed E-state index contributed by atoms with van der Waals surface area (Å²) < 4.78 is 0. The summed E-state index contributed by atoms with van der Waals surface area (Å²) in [6, 6.07) is 8.39. The molecule has 1 aromatic heterocycles. The standard InChI is InChI=1S/C19H20ClN5O2/c20-14-2-4-15(5-3-14)25-16(6-7-17(25)26)18(27)23-10-12-24(13-11-23)19-21-8-1-9-22-19/h1-5,8-9,16H,6-7,10-13H2. The second kappa shape index (κ2) is 7.52. The number of hydrogen-bond acceptors (Lipinski definition) is 5. The molecule has 1 unspecified atom stereocenters. The van der Waals surface area contributed by atoms with Crippen molar-refractivity contribution in [3.8, 4) is 0 Å². The molecule has 2 fully saturated rings. The van der Waals surface area contributed by atoms with Crippen molar-refractivity contribution in [3.05, 3.63) is 47.7 Å². The molecule has 1 aromatic carbocycles. The Morgan fingerprint density at radius 1 is 1.04 bits per heavy atom. The topological polar surface area (TPSA) is 69.6 Å². The molecule has 2 aliphatic heterocycles. The highest BCUT2D eigenvalue weighted by Crippen LogP contribution is 2.29. The first-order valence-electron chi connectivity index (χ1n) is 9.02. The van der Waals surface area contributed by atoms with Gasteiger partial charge in [0.05, 0.1) is 0 Å². The van der Waals surface area contributed by atoms with Crippen molar-refractivity contribution in [1.82, 2.24) is 14.9 Å². The van der Waals surface area contributed by atoms with Crippen LogP contribution in [0.2, 0.25) is 5.02 Å². The number of piperazine rings is 1. The van der Waals surface area contributed by atoms with E-state index in [-0.39, 0.29) is 11.8 Å². The highest BCUT2D eigenvalue weighted by Gasteiger charge is 2.39. The zero-order valence-electron chi connectivity index (χ0n) is 14.8. The van der Waals surface area contributed by atoms with Crippen molar-refractivity contribution < 1.29 is 9.59 Å². The number of aromatic nitrogens is 2. The Morgan fingerprint density at radius 3 is 2.37 bits per heavy atom. The van der Waals surface area contributed by atoms with E-state index < -0.39 is 6.04 Å². The maximum absolute atomic E-state index is 13.1. The Kier molecular flexibility index (Phi) is 4.94. The first kappa shape index (κ1) is 17.7. The van der Waals surface area contributed by atoms with Gasteiger partial charge in [0.25, 0.3) is 0 Å². The third kappa shape index (κ3) is 3.60. The van der Waals surface area contributed by atoms with Gasteiger partial charge in [0.15, 0.2) is 0 Å². The van der Waals surface area contributed by atoms with Crippen LogP contribution in [-0.4, -0.2) is 58.9 Å². The minimum Gasteiger partial charge on any atom is -0.337 e. The van der Waals surface area contributed by atoms with Crippen LogP contribution in [0.15, 0.2) is 42.7 Å². The Balaban J connectivity index is 1.44. The van der Waals surface area contributed by atoms with Gasteiger partial charge in [-0.1, -0.05) is 11.6 Å². The number of amides is 2. The number of anilines is 2. The quantitative estimate of drug-likeness (QED) is 0.808. The predicted molar refractivity (Wildman–Crippen MR) is 103 cm³/mol. The molecule has 2 saturated heterocycles. The lowest BCUT2D eigenvalue weighted by atomic mass is 10.1. The van der Waals surface area contributed by atoms with Gasteiger partial charge in [0, 0.05) is 55.7 Å². The third-order valence-corrected chi connectivity index (χ3v) is 5.28. The van der Waals surface area contributed by atoms with E-state index in [2.05, 4.69) is 14.9 Å². The number of carbonyl (C=O) groups is 2. The highest BCUT2D eigenvalue weighted by atomic mass is 35.5. The van der Waals surface area contributed by atoms with E-state index in [9.17, 15) is 9.59 Å². The van der Waals surface area contributed by atoms with Crippen molar-refractivity contribution in [1.29, 1.82) is 0 Å². The van der Waals surface area contributed by atoms with Crippen molar-refractivity contribution in [2.45, 2.75) is 18.9 Å². The molecule has 3 heterocycles. The van der Waals surface area contributed by atoms with Crippen LogP contribution in [0.3, 0.4) is 0 Å². The molecule has 140 valence electrons. The van der Waals surface area contributed by atoms with Gasteiger partial charge in [0.1, 0.15) is 6.04 Å². The fourth-order valence-electron chi connectivity index (χ4n) is 3.64. The molecule has 0 radical (unpaired) electrons. The molecule has 1 atom stereocenters. The summed E-state index contributed by atoms with van der Waals surface area (Å²) in [7, 11) is 0.